The number of rotatable bonds is 6. The number of anilines is 1. The van der Waals surface area contributed by atoms with Crippen molar-refractivity contribution in [2.24, 2.45) is 5.92 Å². The molecule has 1 N–H and O–H groups in total. The molecule has 0 atom stereocenters. The first-order valence-electron chi connectivity index (χ1n) is 8.05. The van der Waals surface area contributed by atoms with Crippen LogP contribution >= 0.6 is 0 Å². The van der Waals surface area contributed by atoms with E-state index in [-0.39, 0.29) is 0 Å². The minimum absolute atomic E-state index is 0.887. The first-order valence-corrected chi connectivity index (χ1v) is 8.05. The fraction of sp³-hybridized carbons (Fsp3) is 0.400. The second kappa shape index (κ2) is 7.87. The Morgan fingerprint density at radius 2 is 2.10 bits per heavy atom. The Hall–Kier alpha value is -1.76. The van der Waals surface area contributed by atoms with Gasteiger partial charge in [0.25, 0.3) is 0 Å². The molecular formula is C20H27N. The molecule has 112 valence electrons. The fourth-order valence-corrected chi connectivity index (χ4v) is 2.99. The van der Waals surface area contributed by atoms with Gasteiger partial charge in [-0.25, -0.2) is 0 Å². The molecule has 1 nitrogen and oxygen atoms in total. The maximum Gasteiger partial charge on any atom is 0.0416 e. The van der Waals surface area contributed by atoms with Crippen molar-refractivity contribution in [3.05, 3.63) is 65.9 Å². The van der Waals surface area contributed by atoms with E-state index < -0.39 is 0 Å². The Morgan fingerprint density at radius 1 is 1.33 bits per heavy atom. The third kappa shape index (κ3) is 4.63. The van der Waals surface area contributed by atoms with E-state index in [1.54, 1.807) is 0 Å². The van der Waals surface area contributed by atoms with Crippen molar-refractivity contribution >= 4 is 5.69 Å². The minimum atomic E-state index is 0.887. The molecule has 1 saturated carbocycles. The third-order valence-corrected chi connectivity index (χ3v) is 4.27. The molecule has 0 heterocycles. The molecule has 2 rings (SSSR count). The van der Waals surface area contributed by atoms with Crippen LogP contribution in [0.25, 0.3) is 0 Å². The molecule has 0 amide bonds. The maximum absolute atomic E-state index is 3.88. The molecule has 1 aliphatic carbocycles. The van der Waals surface area contributed by atoms with Crippen LogP contribution in [0, 0.1) is 12.8 Å². The van der Waals surface area contributed by atoms with Gasteiger partial charge in [-0.05, 0) is 55.5 Å². The SMILES string of the molecule is C=C/C(=C\C=C/C)Nc1cc(CC2CCCC2)ccc1C. The summed E-state index contributed by atoms with van der Waals surface area (Å²) < 4.78 is 0. The van der Waals surface area contributed by atoms with Crippen LogP contribution in [0.4, 0.5) is 5.69 Å². The van der Waals surface area contributed by atoms with Crippen molar-refractivity contribution in [1.29, 1.82) is 0 Å². The van der Waals surface area contributed by atoms with E-state index in [4.69, 9.17) is 0 Å². The van der Waals surface area contributed by atoms with Crippen molar-refractivity contribution in [2.75, 3.05) is 5.32 Å². The van der Waals surface area contributed by atoms with Crippen molar-refractivity contribution in [3.8, 4) is 0 Å². The quantitative estimate of drug-likeness (QED) is 0.651. The Morgan fingerprint density at radius 3 is 2.76 bits per heavy atom. The van der Waals surface area contributed by atoms with Gasteiger partial charge < -0.3 is 5.32 Å². The maximum atomic E-state index is 3.88. The van der Waals surface area contributed by atoms with Gasteiger partial charge in [0.2, 0.25) is 0 Å². The molecule has 0 unspecified atom stereocenters. The normalized spacial score (nSPS) is 16.6. The molecule has 0 aromatic heterocycles. The molecule has 1 heteroatoms. The number of hydrogen-bond donors (Lipinski definition) is 1. The van der Waals surface area contributed by atoms with Gasteiger partial charge in [-0.2, -0.15) is 0 Å². The van der Waals surface area contributed by atoms with Crippen LogP contribution in [-0.4, -0.2) is 0 Å². The Kier molecular flexibility index (Phi) is 5.86. The number of benzene rings is 1. The van der Waals surface area contributed by atoms with Crippen molar-refractivity contribution < 1.29 is 0 Å². The van der Waals surface area contributed by atoms with Gasteiger partial charge >= 0.3 is 0 Å². The van der Waals surface area contributed by atoms with E-state index in [0.717, 1.165) is 11.6 Å². The van der Waals surface area contributed by atoms with Crippen molar-refractivity contribution in [3.63, 3.8) is 0 Å². The Labute approximate surface area is 129 Å². The van der Waals surface area contributed by atoms with Crippen molar-refractivity contribution in [1.82, 2.24) is 0 Å². The van der Waals surface area contributed by atoms with Crippen LogP contribution < -0.4 is 5.32 Å². The summed E-state index contributed by atoms with van der Waals surface area (Å²) in [4.78, 5) is 0. The highest BCUT2D eigenvalue weighted by atomic mass is 14.9. The Balaban J connectivity index is 2.12. The largest absolute Gasteiger partial charge is 0.355 e. The molecule has 0 bridgehead atoms. The first kappa shape index (κ1) is 15.6. The number of nitrogens with one attached hydrogen (secondary N) is 1. The lowest BCUT2D eigenvalue weighted by Crippen LogP contribution is -2.02. The lowest BCUT2D eigenvalue weighted by atomic mass is 9.96. The van der Waals surface area contributed by atoms with Gasteiger partial charge in [0, 0.05) is 11.4 Å². The molecule has 21 heavy (non-hydrogen) atoms. The Bertz CT molecular complexity index is 531. The summed E-state index contributed by atoms with van der Waals surface area (Å²) in [6.45, 7) is 8.05. The monoisotopic (exact) mass is 281 g/mol. The zero-order valence-corrected chi connectivity index (χ0v) is 13.4. The van der Waals surface area contributed by atoms with Crippen LogP contribution in [0.5, 0.6) is 0 Å². The van der Waals surface area contributed by atoms with E-state index in [2.05, 4.69) is 43.1 Å². The second-order valence-corrected chi connectivity index (χ2v) is 5.98. The zero-order chi connectivity index (χ0) is 15.1. The van der Waals surface area contributed by atoms with E-state index >= 15 is 0 Å². The number of hydrogen-bond acceptors (Lipinski definition) is 1. The van der Waals surface area contributed by atoms with Crippen LogP contribution in [0.2, 0.25) is 0 Å². The summed E-state index contributed by atoms with van der Waals surface area (Å²) >= 11 is 0. The van der Waals surface area contributed by atoms with Crippen LogP contribution in [0.15, 0.2) is 54.8 Å². The molecule has 0 aliphatic heterocycles. The van der Waals surface area contributed by atoms with Crippen molar-refractivity contribution in [2.45, 2.75) is 46.0 Å². The van der Waals surface area contributed by atoms with E-state index in [0.29, 0.717) is 0 Å². The van der Waals surface area contributed by atoms with Gasteiger partial charge in [-0.1, -0.05) is 56.5 Å². The zero-order valence-electron chi connectivity index (χ0n) is 13.4. The molecule has 1 aliphatic rings. The summed E-state index contributed by atoms with van der Waals surface area (Å²) in [7, 11) is 0. The fourth-order valence-electron chi connectivity index (χ4n) is 2.99. The van der Waals surface area contributed by atoms with E-state index in [9.17, 15) is 0 Å². The van der Waals surface area contributed by atoms with Gasteiger partial charge in [0.1, 0.15) is 0 Å². The topological polar surface area (TPSA) is 12.0 Å². The van der Waals surface area contributed by atoms with Crippen LogP contribution in [-0.2, 0) is 6.42 Å². The van der Waals surface area contributed by atoms with Crippen LogP contribution in [0.1, 0.15) is 43.7 Å². The molecule has 1 fully saturated rings. The highest BCUT2D eigenvalue weighted by Gasteiger charge is 2.15. The number of aryl methyl sites for hydroxylation is 1. The minimum Gasteiger partial charge on any atom is -0.355 e. The first-order chi connectivity index (χ1) is 10.2. The molecule has 0 saturated heterocycles. The number of allylic oxidation sites excluding steroid dienone is 4. The molecule has 1 aromatic carbocycles. The molecule has 0 spiro atoms. The average molecular weight is 281 g/mol. The highest BCUT2D eigenvalue weighted by molar-refractivity contribution is 5.58. The standard InChI is InChI=1S/C20H27N/c1-4-6-11-19(5-2)21-20-15-18(13-12-16(20)3)14-17-9-7-8-10-17/h4-6,11-13,15,17,21H,2,7-10,14H2,1,3H3/b6-4-,19-11+. The lowest BCUT2D eigenvalue weighted by molar-refractivity contribution is 0.546. The third-order valence-electron chi connectivity index (χ3n) is 4.27. The summed E-state index contributed by atoms with van der Waals surface area (Å²) in [6, 6.07) is 6.81. The summed E-state index contributed by atoms with van der Waals surface area (Å²) in [5.74, 6) is 0.887. The van der Waals surface area contributed by atoms with Gasteiger partial charge in [-0.3, -0.25) is 0 Å². The van der Waals surface area contributed by atoms with E-state index in [1.807, 2.05) is 25.2 Å². The predicted octanol–water partition coefficient (Wildman–Crippen LogP) is 5.79. The summed E-state index contributed by atoms with van der Waals surface area (Å²) in [5, 5.41) is 3.49. The van der Waals surface area contributed by atoms with E-state index in [1.165, 1.54) is 48.9 Å². The smallest absolute Gasteiger partial charge is 0.0416 e. The van der Waals surface area contributed by atoms with Crippen LogP contribution in [0.3, 0.4) is 0 Å². The van der Waals surface area contributed by atoms with Gasteiger partial charge in [-0.15, -0.1) is 0 Å². The van der Waals surface area contributed by atoms with Gasteiger partial charge in [0.05, 0.1) is 0 Å². The second-order valence-electron chi connectivity index (χ2n) is 5.98. The van der Waals surface area contributed by atoms with Gasteiger partial charge in [0.15, 0.2) is 0 Å². The summed E-state index contributed by atoms with van der Waals surface area (Å²) in [6.07, 6.45) is 14.8. The summed E-state index contributed by atoms with van der Waals surface area (Å²) in [5.41, 5.74) is 4.96. The molecule has 1 aromatic rings. The average Bonchev–Trinajstić information content (AvgIpc) is 2.99. The molecular weight excluding hydrogens is 254 g/mol. The predicted molar refractivity (Wildman–Crippen MR) is 93.6 cm³/mol. The lowest BCUT2D eigenvalue weighted by Gasteiger charge is -2.14. The highest BCUT2D eigenvalue weighted by Crippen LogP contribution is 2.29. The molecule has 0 radical (unpaired) electrons.